The monoisotopic (exact) mass is 1710 g/mol. The number of nitrogen functional groups attached to an aromatic ring is 2. The smallest absolute Gasteiger partial charge is 1.00 e. The summed E-state index contributed by atoms with van der Waals surface area (Å²) in [6, 6.07) is 27.2. The van der Waals surface area contributed by atoms with Crippen molar-refractivity contribution in [3.8, 4) is 6.07 Å². The fourth-order valence-corrected chi connectivity index (χ4v) is 17.2. The van der Waals surface area contributed by atoms with Gasteiger partial charge in [-0.15, -0.1) is 17.1 Å². The minimum Gasteiger partial charge on any atom is -1.00 e. The third-order valence-corrected chi connectivity index (χ3v) is 23.6. The van der Waals surface area contributed by atoms with E-state index < -0.39 is 39.2 Å². The van der Waals surface area contributed by atoms with Crippen LogP contribution in [0.2, 0.25) is 0 Å². The van der Waals surface area contributed by atoms with Crippen LogP contribution in [0.5, 0.6) is 0 Å². The molecule has 8 aromatic rings. The van der Waals surface area contributed by atoms with Crippen molar-refractivity contribution in [2.45, 2.75) is 106 Å². The van der Waals surface area contributed by atoms with Crippen LogP contribution in [0.3, 0.4) is 0 Å². The number of benzene rings is 7. The van der Waals surface area contributed by atoms with Crippen molar-refractivity contribution < 1.29 is 115 Å². The number of thioether (sulfide) groups is 1. The van der Waals surface area contributed by atoms with Crippen molar-refractivity contribution in [2.75, 3.05) is 141 Å². The zero-order valence-corrected chi connectivity index (χ0v) is 73.1. The first kappa shape index (κ1) is 99.0. The second-order valence-corrected chi connectivity index (χ2v) is 32.5. The number of Topliss-reactive ketones (excluding diaryl/α,β-unsaturated/α-hetero) is 1. The Morgan fingerprint density at radius 2 is 0.923 bits per heavy atom. The zero-order chi connectivity index (χ0) is 84.6. The fourth-order valence-electron chi connectivity index (χ4n) is 13.4. The number of nitrogens with zero attached hydrogens (tertiary/aromatic N) is 6. The number of nitrogens with two attached hydrogens (primary N) is 2. The van der Waals surface area contributed by atoms with Crippen LogP contribution in [0.25, 0.3) is 0 Å². The van der Waals surface area contributed by atoms with Crippen molar-refractivity contribution in [1.29, 1.82) is 5.26 Å². The van der Waals surface area contributed by atoms with Gasteiger partial charge in [0, 0.05) is 87.7 Å². The number of anilines is 7. The predicted octanol–water partition coefficient (Wildman–Crippen LogP) is 9.94. The van der Waals surface area contributed by atoms with E-state index in [0.717, 1.165) is 133 Å². The van der Waals surface area contributed by atoms with Gasteiger partial charge < -0.3 is 59.8 Å². The van der Waals surface area contributed by atoms with E-state index in [-0.39, 0.29) is 107 Å². The summed E-state index contributed by atoms with van der Waals surface area (Å²) >= 11 is 2.22. The number of nitrogens with one attached hydrogen (secondary N) is 1. The van der Waals surface area contributed by atoms with Gasteiger partial charge in [-0.3, -0.25) is 22.5 Å². The van der Waals surface area contributed by atoms with Gasteiger partial charge in [0.05, 0.1) is 102 Å². The predicted molar refractivity (Wildman–Crippen MR) is 444 cm³/mol. The van der Waals surface area contributed by atoms with Crippen LogP contribution in [0, 0.1) is 117 Å². The number of ether oxygens (including phenoxy) is 4. The summed E-state index contributed by atoms with van der Waals surface area (Å²) in [6.07, 6.45) is 1.44. The standard InChI is InChI=1S/2C24H24F2N2O4S2.C12H17FN2O.C12H18N2O.C9H12.C2H3N.BF3.FH.Na/c2*1-15-13-20(26)23(28-8-10-32-11-9-28)16(2)19(15)14-22(29)24-21(7-12-33-24)27-34(30,31)18-5-3-17(25)4-6-18;1-8-7-10(13)12(9(2)11(8)14)15-3-5-16-6-4-15;1-9-3-4-11(10(2)12(9)13)14-5-7-15-8-6-14;1-7-4-8(2)6-9(3)5-7;1-2-3;2-1(3)4;;/h3-7,12-13,29H,8-11,14H2,1-2H3;3-7,12-13,27H,8-11,14H2,1-2H3;7H,3-6,14H2,1-2H3;3-4H,5-8,13H2,1-2H3;4-6H,1-3H3;1H3;;1H;/q;;;;;;;;+1/p-2. The number of aryl methyl sites for hydroxylation is 7. The Kier molecular flexibility index (Phi) is 39.6. The Morgan fingerprint density at radius 1 is 0.547 bits per heavy atom. The van der Waals surface area contributed by atoms with Crippen molar-refractivity contribution in [3.63, 3.8) is 0 Å². The number of halogens is 9. The van der Waals surface area contributed by atoms with Crippen LogP contribution < -0.4 is 75.2 Å². The van der Waals surface area contributed by atoms with E-state index >= 15 is 0 Å². The first-order chi connectivity index (χ1) is 54.5. The number of ketones is 1. The number of carbonyl (C=O) groups is 1. The van der Waals surface area contributed by atoms with Crippen molar-refractivity contribution in [2.24, 2.45) is 4.40 Å². The second-order valence-electron chi connectivity index (χ2n) is 27.4. The van der Waals surface area contributed by atoms with Gasteiger partial charge in [0.25, 0.3) is 20.0 Å². The molecule has 0 aliphatic carbocycles. The normalized spacial score (nSPS) is 15.2. The SMILES string of the molecule is CC#N.Cc1cc(C)cc(C)c1.Cc1cc(F)c(N2CCOCC2)c(C)c1CC(=O)c1sccc1NS(=O)(=O)c1ccc(F)cc1.Cc1cc(F)c(N2CCOCC2)c(C)c1CC([O-])=C1SC=CC1=NS(=O)(=O)c1ccc(F)cc1.Cc1cc(F)c(N2CCOCC2)c(C)c1N.Cc1ccc(N2CCOCC2)c(C)c1N.FB(F)F.[F-].[Na+]. The average Bonchev–Trinajstić information content (AvgIpc) is 1.55. The van der Waals surface area contributed by atoms with E-state index in [1.165, 1.54) is 65.2 Å². The number of carbonyl (C=O) groups excluding carboxylic acids is 1. The van der Waals surface area contributed by atoms with Gasteiger partial charge in [-0.25, -0.2) is 30.4 Å². The Bertz CT molecular complexity index is 5010. The molecule has 19 nitrogen and oxygen atoms in total. The van der Waals surface area contributed by atoms with Crippen LogP contribution in [0.15, 0.2) is 145 Å². The third-order valence-electron chi connectivity index (χ3n) is 19.1. The van der Waals surface area contributed by atoms with Gasteiger partial charge in [-0.1, -0.05) is 52.7 Å². The van der Waals surface area contributed by atoms with Crippen LogP contribution in [-0.4, -0.2) is 141 Å². The Hall–Kier alpha value is -8.53. The molecule has 626 valence electrons. The molecule has 34 heteroatoms. The van der Waals surface area contributed by atoms with Crippen molar-refractivity contribution >= 4 is 102 Å². The molecule has 4 saturated heterocycles. The van der Waals surface area contributed by atoms with E-state index in [0.29, 0.717) is 122 Å². The van der Waals surface area contributed by atoms with Gasteiger partial charge in [0.15, 0.2) is 5.78 Å². The molecule has 0 unspecified atom stereocenters. The number of nitriles is 1. The van der Waals surface area contributed by atoms with E-state index in [9.17, 15) is 61.6 Å². The molecule has 117 heavy (non-hydrogen) atoms. The Balaban J connectivity index is 0.000000271. The van der Waals surface area contributed by atoms with Crippen LogP contribution in [0.4, 0.5) is 74.7 Å². The van der Waals surface area contributed by atoms with E-state index in [4.69, 9.17) is 35.7 Å². The molecule has 5 aliphatic rings. The van der Waals surface area contributed by atoms with Crippen LogP contribution >= 0.6 is 23.1 Å². The fraction of sp³-hybridized carbons (Fsp3) is 0.361. The number of hydrogen-bond acceptors (Lipinski definition) is 19. The molecule has 0 amide bonds. The molecular weight excluding hydrogens is 1620 g/mol. The molecule has 6 heterocycles. The van der Waals surface area contributed by atoms with E-state index in [1.54, 1.807) is 44.6 Å². The Morgan fingerprint density at radius 3 is 1.35 bits per heavy atom. The van der Waals surface area contributed by atoms with Crippen molar-refractivity contribution in [3.05, 3.63) is 237 Å². The summed E-state index contributed by atoms with van der Waals surface area (Å²) in [5.74, 6) is -2.57. The molecule has 1 aromatic heterocycles. The summed E-state index contributed by atoms with van der Waals surface area (Å²) in [5, 5.41) is 23.8. The molecule has 5 N–H and O–H groups in total. The molecule has 4 fully saturated rings. The maximum atomic E-state index is 14.9. The quantitative estimate of drug-likeness (QED) is 0.0301. The minimum atomic E-state index is -4.13. The number of allylic oxidation sites excluding steroid dienone is 3. The minimum absolute atomic E-state index is 0. The summed E-state index contributed by atoms with van der Waals surface area (Å²) in [6.45, 7) is 33.3. The molecule has 0 atom stereocenters. The molecule has 13 rings (SSSR count). The van der Waals surface area contributed by atoms with E-state index in [2.05, 4.69) is 72.0 Å². The summed E-state index contributed by atoms with van der Waals surface area (Å²) < 4.78 is 177. The number of rotatable bonds is 14. The number of sulfonamides is 2. The van der Waals surface area contributed by atoms with E-state index in [1.807, 2.05) is 35.5 Å². The number of hydrogen-bond donors (Lipinski definition) is 3. The summed E-state index contributed by atoms with van der Waals surface area (Å²) in [4.78, 5) is 21.6. The largest absolute Gasteiger partial charge is 1.00 e. The molecule has 0 bridgehead atoms. The zero-order valence-electron chi connectivity index (χ0n) is 67.8. The van der Waals surface area contributed by atoms with Gasteiger partial charge in [0.1, 0.15) is 29.1 Å². The van der Waals surface area contributed by atoms with Crippen LogP contribution in [-0.2, 0) is 51.8 Å². The van der Waals surface area contributed by atoms with Crippen molar-refractivity contribution in [1.82, 2.24) is 0 Å². The second kappa shape index (κ2) is 46.7. The summed E-state index contributed by atoms with van der Waals surface area (Å²) in [5.41, 5.74) is 28.7. The molecular formula is C83H97BF9N9NaO10S4-. The Labute approximate surface area is 711 Å². The molecule has 5 aliphatic heterocycles. The van der Waals surface area contributed by atoms with Crippen LogP contribution in [0.1, 0.15) is 88.9 Å². The average molecular weight is 1710 g/mol. The molecule has 7 aromatic carbocycles. The topological polar surface area (TPSA) is 259 Å². The maximum absolute atomic E-state index is 14.9. The molecule has 0 saturated carbocycles. The third kappa shape index (κ3) is 28.0. The van der Waals surface area contributed by atoms with Gasteiger partial charge in [-0.05, 0) is 234 Å². The van der Waals surface area contributed by atoms with Gasteiger partial charge in [-0.2, -0.15) is 18.1 Å². The van der Waals surface area contributed by atoms with Gasteiger partial charge >= 0.3 is 37.1 Å². The van der Waals surface area contributed by atoms with Gasteiger partial charge in [0.2, 0.25) is 0 Å². The summed E-state index contributed by atoms with van der Waals surface area (Å²) in [7, 11) is -11.8. The first-order valence-electron chi connectivity index (χ1n) is 36.8. The molecule has 0 radical (unpaired) electrons. The number of morpholine rings is 4. The maximum Gasteiger partial charge on any atom is 1.00 e. The molecule has 0 spiro atoms. The first-order valence-corrected chi connectivity index (χ1v) is 41.5. The number of thiophene rings is 1.